The summed E-state index contributed by atoms with van der Waals surface area (Å²) in [5.74, 6) is 0. The van der Waals surface area contributed by atoms with Crippen LogP contribution in [-0.2, 0) is 14.9 Å². The summed E-state index contributed by atoms with van der Waals surface area (Å²) in [5, 5.41) is 3.32. The molecule has 1 aliphatic rings. The molecule has 0 bridgehead atoms. The van der Waals surface area contributed by atoms with Crippen LogP contribution >= 0.6 is 0 Å². The van der Waals surface area contributed by atoms with E-state index in [9.17, 15) is 8.42 Å². The summed E-state index contributed by atoms with van der Waals surface area (Å²) in [7, 11) is -3.49. The first-order valence-corrected chi connectivity index (χ1v) is 8.66. The van der Waals surface area contributed by atoms with E-state index < -0.39 is 10.2 Å². The number of ether oxygens (including phenoxy) is 1. The van der Waals surface area contributed by atoms with Crippen LogP contribution in [0.1, 0.15) is 25.5 Å². The zero-order chi connectivity index (χ0) is 15.3. The molecule has 2 rings (SSSR count). The van der Waals surface area contributed by atoms with E-state index in [-0.39, 0.29) is 6.04 Å². The topological polar surface area (TPSA) is 70.7 Å². The molecule has 1 unspecified atom stereocenters. The van der Waals surface area contributed by atoms with Gasteiger partial charge in [-0.1, -0.05) is 19.1 Å². The highest BCUT2D eigenvalue weighted by Gasteiger charge is 2.24. The van der Waals surface area contributed by atoms with Gasteiger partial charge < -0.3 is 10.1 Å². The largest absolute Gasteiger partial charge is 0.379 e. The fourth-order valence-electron chi connectivity index (χ4n) is 2.26. The molecule has 7 heteroatoms. The van der Waals surface area contributed by atoms with E-state index in [0.29, 0.717) is 32.0 Å². The fourth-order valence-corrected chi connectivity index (χ4v) is 3.46. The summed E-state index contributed by atoms with van der Waals surface area (Å²) in [6, 6.07) is 7.71. The maximum absolute atomic E-state index is 12.2. The van der Waals surface area contributed by atoms with E-state index in [0.717, 1.165) is 12.1 Å². The first-order valence-electron chi connectivity index (χ1n) is 7.22. The summed E-state index contributed by atoms with van der Waals surface area (Å²) < 4.78 is 33.6. The van der Waals surface area contributed by atoms with Crippen LogP contribution in [0.5, 0.6) is 0 Å². The zero-order valence-electron chi connectivity index (χ0n) is 12.5. The second-order valence-electron chi connectivity index (χ2n) is 5.02. The number of hydrogen-bond donors (Lipinski definition) is 2. The third-order valence-corrected chi connectivity index (χ3v) is 5.02. The number of nitrogens with zero attached hydrogens (tertiary/aromatic N) is 1. The van der Waals surface area contributed by atoms with Gasteiger partial charge in [-0.2, -0.15) is 12.7 Å². The molecule has 1 aromatic rings. The maximum Gasteiger partial charge on any atom is 0.301 e. The third kappa shape index (κ3) is 4.41. The predicted octanol–water partition coefficient (Wildman–Crippen LogP) is 1.35. The summed E-state index contributed by atoms with van der Waals surface area (Å²) in [6.07, 6.45) is 0. The lowest BCUT2D eigenvalue weighted by Crippen LogP contribution is -2.43. The number of anilines is 1. The van der Waals surface area contributed by atoms with Gasteiger partial charge >= 0.3 is 10.2 Å². The molecule has 1 aliphatic heterocycles. The molecule has 1 fully saturated rings. The second-order valence-corrected chi connectivity index (χ2v) is 6.69. The minimum Gasteiger partial charge on any atom is -0.379 e. The first kappa shape index (κ1) is 16.2. The van der Waals surface area contributed by atoms with Crippen LogP contribution in [0.25, 0.3) is 0 Å². The molecule has 1 saturated heterocycles. The Labute approximate surface area is 126 Å². The van der Waals surface area contributed by atoms with Crippen molar-refractivity contribution in [2.24, 2.45) is 0 Å². The SMILES string of the molecule is CCNC(C)c1ccc(NS(=O)(=O)N2CCOCC2)cc1. The van der Waals surface area contributed by atoms with Crippen LogP contribution in [0.2, 0.25) is 0 Å². The van der Waals surface area contributed by atoms with Crippen molar-refractivity contribution in [2.45, 2.75) is 19.9 Å². The summed E-state index contributed by atoms with van der Waals surface area (Å²) in [4.78, 5) is 0. The van der Waals surface area contributed by atoms with Gasteiger partial charge in [0, 0.05) is 24.8 Å². The lowest BCUT2D eigenvalue weighted by atomic mass is 10.1. The average molecular weight is 313 g/mol. The monoisotopic (exact) mass is 313 g/mol. The van der Waals surface area contributed by atoms with Gasteiger partial charge in [-0.05, 0) is 31.2 Å². The fraction of sp³-hybridized carbons (Fsp3) is 0.571. The van der Waals surface area contributed by atoms with Gasteiger partial charge in [-0.15, -0.1) is 0 Å². The van der Waals surface area contributed by atoms with Gasteiger partial charge in [0.1, 0.15) is 0 Å². The average Bonchev–Trinajstić information content (AvgIpc) is 2.49. The molecule has 0 aliphatic carbocycles. The number of rotatable bonds is 6. The Morgan fingerprint density at radius 2 is 1.86 bits per heavy atom. The van der Waals surface area contributed by atoms with Gasteiger partial charge in [0.15, 0.2) is 0 Å². The number of benzene rings is 1. The van der Waals surface area contributed by atoms with Gasteiger partial charge in [-0.3, -0.25) is 4.72 Å². The van der Waals surface area contributed by atoms with Gasteiger partial charge in [0.2, 0.25) is 0 Å². The molecule has 1 heterocycles. The molecule has 1 atom stereocenters. The predicted molar refractivity (Wildman–Crippen MR) is 83.5 cm³/mol. The lowest BCUT2D eigenvalue weighted by molar-refractivity contribution is 0.0733. The van der Waals surface area contributed by atoms with Crippen molar-refractivity contribution in [3.63, 3.8) is 0 Å². The zero-order valence-corrected chi connectivity index (χ0v) is 13.3. The second kappa shape index (κ2) is 7.22. The van der Waals surface area contributed by atoms with Crippen molar-refractivity contribution in [2.75, 3.05) is 37.6 Å². The maximum atomic E-state index is 12.2. The van der Waals surface area contributed by atoms with Gasteiger partial charge in [0.25, 0.3) is 0 Å². The minimum absolute atomic E-state index is 0.250. The highest BCUT2D eigenvalue weighted by molar-refractivity contribution is 7.90. The molecule has 0 aromatic heterocycles. The number of nitrogens with one attached hydrogen (secondary N) is 2. The summed E-state index contributed by atoms with van der Waals surface area (Å²) >= 11 is 0. The number of hydrogen-bond acceptors (Lipinski definition) is 4. The molecule has 0 amide bonds. The third-order valence-electron chi connectivity index (χ3n) is 3.48. The Balaban J connectivity index is 2.02. The summed E-state index contributed by atoms with van der Waals surface area (Å²) in [5.41, 5.74) is 1.71. The van der Waals surface area contributed by atoms with E-state index in [4.69, 9.17) is 4.74 Å². The highest BCUT2D eigenvalue weighted by atomic mass is 32.2. The molecule has 0 saturated carbocycles. The van der Waals surface area contributed by atoms with Crippen LogP contribution in [-0.4, -0.2) is 45.6 Å². The highest BCUT2D eigenvalue weighted by Crippen LogP contribution is 2.18. The Morgan fingerprint density at radius 1 is 1.24 bits per heavy atom. The molecular formula is C14H23N3O3S. The van der Waals surface area contributed by atoms with Crippen LogP contribution in [0.3, 0.4) is 0 Å². The molecule has 0 spiro atoms. The Morgan fingerprint density at radius 3 is 2.43 bits per heavy atom. The molecule has 0 radical (unpaired) electrons. The first-order chi connectivity index (χ1) is 10.0. The Bertz CT molecular complexity index is 539. The van der Waals surface area contributed by atoms with Crippen molar-refractivity contribution < 1.29 is 13.2 Å². The standard InChI is InChI=1S/C14H23N3O3S/c1-3-15-12(2)13-4-6-14(7-5-13)16-21(18,19)17-8-10-20-11-9-17/h4-7,12,15-16H,3,8-11H2,1-2H3. The van der Waals surface area contributed by atoms with Gasteiger partial charge in [-0.25, -0.2) is 0 Å². The quantitative estimate of drug-likeness (QED) is 0.831. The van der Waals surface area contributed by atoms with E-state index in [2.05, 4.69) is 23.9 Å². The van der Waals surface area contributed by atoms with E-state index in [1.807, 2.05) is 12.1 Å². The Kier molecular flexibility index (Phi) is 5.58. The lowest BCUT2D eigenvalue weighted by Gasteiger charge is -2.26. The van der Waals surface area contributed by atoms with Crippen molar-refractivity contribution >= 4 is 15.9 Å². The number of morpholine rings is 1. The van der Waals surface area contributed by atoms with E-state index >= 15 is 0 Å². The van der Waals surface area contributed by atoms with Crippen molar-refractivity contribution in [1.29, 1.82) is 0 Å². The van der Waals surface area contributed by atoms with Crippen molar-refractivity contribution in [3.05, 3.63) is 29.8 Å². The molecule has 118 valence electrons. The van der Waals surface area contributed by atoms with Crippen molar-refractivity contribution in [1.82, 2.24) is 9.62 Å². The molecule has 1 aromatic carbocycles. The Hall–Kier alpha value is -1.15. The molecule has 21 heavy (non-hydrogen) atoms. The van der Waals surface area contributed by atoms with Crippen LogP contribution < -0.4 is 10.0 Å². The normalized spacial score (nSPS) is 18.4. The molecule has 2 N–H and O–H groups in total. The van der Waals surface area contributed by atoms with E-state index in [1.165, 1.54) is 4.31 Å². The molecular weight excluding hydrogens is 290 g/mol. The molecule has 6 nitrogen and oxygen atoms in total. The van der Waals surface area contributed by atoms with Crippen LogP contribution in [0, 0.1) is 0 Å². The van der Waals surface area contributed by atoms with Crippen LogP contribution in [0.4, 0.5) is 5.69 Å². The van der Waals surface area contributed by atoms with E-state index in [1.54, 1.807) is 12.1 Å². The van der Waals surface area contributed by atoms with Crippen molar-refractivity contribution in [3.8, 4) is 0 Å². The smallest absolute Gasteiger partial charge is 0.301 e. The minimum atomic E-state index is -3.49. The van der Waals surface area contributed by atoms with Crippen LogP contribution in [0.15, 0.2) is 24.3 Å². The van der Waals surface area contributed by atoms with Gasteiger partial charge in [0.05, 0.1) is 13.2 Å². The summed E-state index contributed by atoms with van der Waals surface area (Å²) in [6.45, 7) is 6.71.